The number of nitrogens with two attached hydrogens (primary N) is 1. The summed E-state index contributed by atoms with van der Waals surface area (Å²) in [6.07, 6.45) is 2.50. The van der Waals surface area contributed by atoms with Crippen molar-refractivity contribution < 1.29 is 14.3 Å². The number of furan rings is 1. The van der Waals surface area contributed by atoms with Crippen LogP contribution in [0.15, 0.2) is 22.8 Å². The molecule has 18 heavy (non-hydrogen) atoms. The molecule has 1 heterocycles. The van der Waals surface area contributed by atoms with Crippen LogP contribution in [0.1, 0.15) is 25.1 Å². The van der Waals surface area contributed by atoms with Crippen LogP contribution < -0.4 is 5.73 Å². The summed E-state index contributed by atoms with van der Waals surface area (Å²) < 4.78 is 10.6. The maximum absolute atomic E-state index is 9.18. The Morgan fingerprint density at radius 2 is 2.28 bits per heavy atom. The molecular weight excluding hydrogens is 232 g/mol. The Labute approximate surface area is 109 Å². The molecule has 0 bridgehead atoms. The van der Waals surface area contributed by atoms with Gasteiger partial charge in [-0.3, -0.25) is 4.90 Å². The molecule has 0 saturated heterocycles. The standard InChI is InChI=1S/C13H24N2O3/c1-3-11(14)13(12-5-4-9-18-12)15(6-8-16)7-10-17-2/h4-5,9,11,13,16H,3,6-8,10,14H2,1-2H3. The zero-order chi connectivity index (χ0) is 13.4. The molecule has 0 spiro atoms. The molecule has 5 heteroatoms. The first-order valence-electron chi connectivity index (χ1n) is 6.37. The molecule has 1 aromatic heterocycles. The maximum atomic E-state index is 9.18. The molecule has 104 valence electrons. The first-order chi connectivity index (χ1) is 8.74. The van der Waals surface area contributed by atoms with Gasteiger partial charge in [-0.15, -0.1) is 0 Å². The van der Waals surface area contributed by atoms with E-state index in [1.165, 1.54) is 0 Å². The van der Waals surface area contributed by atoms with Crippen LogP contribution in [-0.2, 0) is 4.74 Å². The van der Waals surface area contributed by atoms with Gasteiger partial charge in [0, 0.05) is 26.2 Å². The largest absolute Gasteiger partial charge is 0.468 e. The van der Waals surface area contributed by atoms with Gasteiger partial charge in [0.15, 0.2) is 0 Å². The number of hydrogen-bond donors (Lipinski definition) is 2. The summed E-state index contributed by atoms with van der Waals surface area (Å²) >= 11 is 0. The van der Waals surface area contributed by atoms with E-state index in [1.54, 1.807) is 13.4 Å². The summed E-state index contributed by atoms with van der Waals surface area (Å²) in [6.45, 7) is 4.03. The van der Waals surface area contributed by atoms with E-state index in [-0.39, 0.29) is 18.7 Å². The molecule has 1 rings (SSSR count). The summed E-state index contributed by atoms with van der Waals surface area (Å²) in [5.74, 6) is 0.842. The molecule has 0 aliphatic carbocycles. The van der Waals surface area contributed by atoms with Crippen molar-refractivity contribution in [2.24, 2.45) is 5.73 Å². The average Bonchev–Trinajstić information content (AvgIpc) is 2.89. The summed E-state index contributed by atoms with van der Waals surface area (Å²) in [7, 11) is 1.67. The Morgan fingerprint density at radius 3 is 2.78 bits per heavy atom. The first-order valence-corrected chi connectivity index (χ1v) is 6.37. The minimum absolute atomic E-state index is 0.0210. The van der Waals surface area contributed by atoms with Gasteiger partial charge in [-0.05, 0) is 18.6 Å². The predicted octanol–water partition coefficient (Wildman–Crippen LogP) is 0.999. The van der Waals surface area contributed by atoms with Crippen molar-refractivity contribution in [2.45, 2.75) is 25.4 Å². The number of ether oxygens (including phenoxy) is 1. The second-order valence-corrected chi connectivity index (χ2v) is 4.28. The van der Waals surface area contributed by atoms with Crippen molar-refractivity contribution in [1.29, 1.82) is 0 Å². The molecule has 1 aromatic rings. The number of rotatable bonds is 9. The second-order valence-electron chi connectivity index (χ2n) is 4.28. The molecular formula is C13H24N2O3. The fourth-order valence-corrected chi connectivity index (χ4v) is 2.07. The lowest BCUT2D eigenvalue weighted by molar-refractivity contribution is 0.0807. The van der Waals surface area contributed by atoms with Crippen molar-refractivity contribution in [3.8, 4) is 0 Å². The molecule has 2 atom stereocenters. The van der Waals surface area contributed by atoms with Crippen LogP contribution in [0.25, 0.3) is 0 Å². The third-order valence-corrected chi connectivity index (χ3v) is 3.07. The van der Waals surface area contributed by atoms with E-state index in [9.17, 15) is 5.11 Å². The van der Waals surface area contributed by atoms with E-state index in [0.717, 1.165) is 18.7 Å². The summed E-state index contributed by atoms with van der Waals surface area (Å²) in [5, 5.41) is 9.18. The summed E-state index contributed by atoms with van der Waals surface area (Å²) in [4.78, 5) is 2.11. The van der Waals surface area contributed by atoms with Crippen molar-refractivity contribution in [3.05, 3.63) is 24.2 Å². The molecule has 3 N–H and O–H groups in total. The number of methoxy groups -OCH3 is 1. The zero-order valence-corrected chi connectivity index (χ0v) is 11.2. The average molecular weight is 256 g/mol. The molecule has 0 aliphatic heterocycles. The topological polar surface area (TPSA) is 71.9 Å². The fraction of sp³-hybridized carbons (Fsp3) is 0.692. The highest BCUT2D eigenvalue weighted by atomic mass is 16.5. The number of hydrogen-bond acceptors (Lipinski definition) is 5. The van der Waals surface area contributed by atoms with Gasteiger partial charge < -0.3 is 20.0 Å². The number of aliphatic hydroxyl groups excluding tert-OH is 1. The third-order valence-electron chi connectivity index (χ3n) is 3.07. The van der Waals surface area contributed by atoms with Crippen molar-refractivity contribution >= 4 is 0 Å². The van der Waals surface area contributed by atoms with Crippen molar-refractivity contribution in [3.63, 3.8) is 0 Å². The normalized spacial score (nSPS) is 14.9. The van der Waals surface area contributed by atoms with Gasteiger partial charge in [0.05, 0.1) is 25.5 Å². The Morgan fingerprint density at radius 1 is 1.50 bits per heavy atom. The van der Waals surface area contributed by atoms with Gasteiger partial charge in [0.2, 0.25) is 0 Å². The lowest BCUT2D eigenvalue weighted by Crippen LogP contribution is -2.43. The summed E-state index contributed by atoms with van der Waals surface area (Å²) in [6, 6.07) is 3.74. The van der Waals surface area contributed by atoms with Crippen molar-refractivity contribution in [2.75, 3.05) is 33.4 Å². The maximum Gasteiger partial charge on any atom is 0.122 e. The van der Waals surface area contributed by atoms with Crippen LogP contribution in [0.5, 0.6) is 0 Å². The van der Waals surface area contributed by atoms with E-state index < -0.39 is 0 Å². The molecule has 5 nitrogen and oxygen atoms in total. The minimum atomic E-state index is -0.0282. The van der Waals surface area contributed by atoms with Gasteiger partial charge in [-0.1, -0.05) is 6.92 Å². The predicted molar refractivity (Wildman–Crippen MR) is 70.3 cm³/mol. The van der Waals surface area contributed by atoms with E-state index in [2.05, 4.69) is 4.90 Å². The van der Waals surface area contributed by atoms with Gasteiger partial charge in [0.1, 0.15) is 5.76 Å². The second kappa shape index (κ2) is 8.26. The van der Waals surface area contributed by atoms with Gasteiger partial charge in [0.25, 0.3) is 0 Å². The van der Waals surface area contributed by atoms with Crippen LogP contribution in [0.3, 0.4) is 0 Å². The monoisotopic (exact) mass is 256 g/mol. The Kier molecular flexibility index (Phi) is 6.97. The Hall–Kier alpha value is -0.880. The van der Waals surface area contributed by atoms with E-state index in [0.29, 0.717) is 13.2 Å². The molecule has 2 unspecified atom stereocenters. The minimum Gasteiger partial charge on any atom is -0.468 e. The number of aliphatic hydroxyl groups is 1. The first kappa shape index (κ1) is 15.2. The molecule has 0 radical (unpaired) electrons. The summed E-state index contributed by atoms with van der Waals surface area (Å²) in [5.41, 5.74) is 6.19. The Bertz CT molecular complexity index is 303. The van der Waals surface area contributed by atoms with E-state index in [1.807, 2.05) is 19.1 Å². The van der Waals surface area contributed by atoms with Gasteiger partial charge >= 0.3 is 0 Å². The highest BCUT2D eigenvalue weighted by Gasteiger charge is 2.27. The SMILES string of the molecule is CCC(N)C(c1ccco1)N(CCO)CCOC. The van der Waals surface area contributed by atoms with Crippen LogP contribution in [0.4, 0.5) is 0 Å². The molecule has 0 aliphatic rings. The molecule has 0 aromatic carbocycles. The van der Waals surface area contributed by atoms with Crippen LogP contribution >= 0.6 is 0 Å². The van der Waals surface area contributed by atoms with E-state index >= 15 is 0 Å². The van der Waals surface area contributed by atoms with Crippen LogP contribution in [0.2, 0.25) is 0 Å². The zero-order valence-electron chi connectivity index (χ0n) is 11.2. The third kappa shape index (κ3) is 4.10. The van der Waals surface area contributed by atoms with Gasteiger partial charge in [-0.2, -0.15) is 0 Å². The molecule has 0 saturated carbocycles. The number of nitrogens with zero attached hydrogens (tertiary/aromatic N) is 1. The fourth-order valence-electron chi connectivity index (χ4n) is 2.07. The molecule has 0 amide bonds. The lowest BCUT2D eigenvalue weighted by Gasteiger charge is -2.33. The molecule has 0 fully saturated rings. The smallest absolute Gasteiger partial charge is 0.122 e. The van der Waals surface area contributed by atoms with Crippen LogP contribution in [0, 0.1) is 0 Å². The van der Waals surface area contributed by atoms with Crippen molar-refractivity contribution in [1.82, 2.24) is 4.90 Å². The lowest BCUT2D eigenvalue weighted by atomic mass is 10.0. The van der Waals surface area contributed by atoms with Crippen LogP contribution in [-0.4, -0.2) is 49.5 Å². The highest BCUT2D eigenvalue weighted by Crippen LogP contribution is 2.25. The highest BCUT2D eigenvalue weighted by molar-refractivity contribution is 5.08. The Balaban J connectivity index is 2.83. The van der Waals surface area contributed by atoms with Gasteiger partial charge in [-0.25, -0.2) is 0 Å². The van der Waals surface area contributed by atoms with E-state index in [4.69, 9.17) is 14.9 Å². The quantitative estimate of drug-likeness (QED) is 0.689.